The zero-order valence-electron chi connectivity index (χ0n) is 12.5. The Hall–Kier alpha value is 0.210. The number of alkyl halides is 1. The van der Waals surface area contributed by atoms with Crippen LogP contribution in [0.5, 0.6) is 0 Å². The first-order valence-electron chi connectivity index (χ1n) is 7.98. The van der Waals surface area contributed by atoms with Crippen LogP contribution in [0.4, 0.5) is 0 Å². The third kappa shape index (κ3) is 3.86. The van der Waals surface area contributed by atoms with Crippen LogP contribution in [0.25, 0.3) is 0 Å². The smallest absolute Gasteiger partial charge is 0.0704 e. The van der Waals surface area contributed by atoms with E-state index in [-0.39, 0.29) is 5.41 Å². The molecule has 3 heteroatoms. The van der Waals surface area contributed by atoms with Gasteiger partial charge in [-0.1, -0.05) is 39.5 Å². The van der Waals surface area contributed by atoms with E-state index in [4.69, 9.17) is 21.1 Å². The first-order chi connectivity index (χ1) is 9.15. The number of ether oxygens (including phenoxy) is 2. The minimum absolute atomic E-state index is 0.288. The van der Waals surface area contributed by atoms with Crippen molar-refractivity contribution in [3.8, 4) is 0 Å². The fourth-order valence-electron chi connectivity index (χ4n) is 3.52. The molecule has 2 fully saturated rings. The average molecular weight is 289 g/mol. The van der Waals surface area contributed by atoms with E-state index < -0.39 is 0 Å². The highest BCUT2D eigenvalue weighted by molar-refractivity contribution is 6.21. The quantitative estimate of drug-likeness (QED) is 0.533. The third-order valence-corrected chi connectivity index (χ3v) is 5.33. The van der Waals surface area contributed by atoms with Gasteiger partial charge in [0.2, 0.25) is 0 Å². The molecule has 2 aliphatic carbocycles. The molecule has 112 valence electrons. The Kier molecular flexibility index (Phi) is 5.98. The van der Waals surface area contributed by atoms with E-state index in [1.807, 2.05) is 0 Å². The van der Waals surface area contributed by atoms with Crippen molar-refractivity contribution in [3.05, 3.63) is 0 Å². The van der Waals surface area contributed by atoms with Gasteiger partial charge in [-0.25, -0.2) is 0 Å². The van der Waals surface area contributed by atoms with Crippen molar-refractivity contribution in [1.82, 2.24) is 0 Å². The Morgan fingerprint density at radius 2 is 1.79 bits per heavy atom. The number of halogens is 1. The molecule has 0 amide bonds. The van der Waals surface area contributed by atoms with Crippen molar-refractivity contribution >= 4 is 11.6 Å². The van der Waals surface area contributed by atoms with Gasteiger partial charge in [0, 0.05) is 17.4 Å². The lowest BCUT2D eigenvalue weighted by atomic mass is 9.61. The van der Waals surface area contributed by atoms with E-state index in [1.165, 1.54) is 38.5 Å². The molecule has 1 spiro atoms. The monoisotopic (exact) mass is 288 g/mol. The second kappa shape index (κ2) is 7.28. The highest BCUT2D eigenvalue weighted by Gasteiger charge is 2.54. The Morgan fingerprint density at radius 1 is 1.11 bits per heavy atom. The van der Waals surface area contributed by atoms with Gasteiger partial charge < -0.3 is 9.47 Å². The van der Waals surface area contributed by atoms with Crippen molar-refractivity contribution < 1.29 is 9.47 Å². The van der Waals surface area contributed by atoms with Crippen molar-refractivity contribution in [3.63, 3.8) is 0 Å². The van der Waals surface area contributed by atoms with E-state index in [0.29, 0.717) is 17.4 Å². The van der Waals surface area contributed by atoms with Crippen LogP contribution in [0.2, 0.25) is 0 Å². The van der Waals surface area contributed by atoms with Crippen molar-refractivity contribution in [2.45, 2.75) is 70.3 Å². The molecule has 2 rings (SSSR count). The predicted octanol–water partition coefficient (Wildman–Crippen LogP) is 4.40. The lowest BCUT2D eigenvalue weighted by Gasteiger charge is -2.53. The van der Waals surface area contributed by atoms with E-state index in [0.717, 1.165) is 26.2 Å². The molecular formula is C16H29ClO2. The minimum Gasteiger partial charge on any atom is -0.379 e. The van der Waals surface area contributed by atoms with Crippen LogP contribution < -0.4 is 0 Å². The molecule has 0 N–H and O–H groups in total. The van der Waals surface area contributed by atoms with E-state index in [2.05, 4.69) is 13.8 Å². The van der Waals surface area contributed by atoms with Gasteiger partial charge in [-0.15, -0.1) is 11.6 Å². The summed E-state index contributed by atoms with van der Waals surface area (Å²) in [5.74, 6) is 0.601. The molecule has 2 aliphatic rings. The van der Waals surface area contributed by atoms with Crippen molar-refractivity contribution in [2.24, 2.45) is 11.3 Å². The SMILES string of the molecule is CC(C)COCCOC1CC(Cl)C12CCCCCC2. The molecule has 0 aromatic heterocycles. The first-order valence-corrected chi connectivity index (χ1v) is 8.42. The lowest BCUT2D eigenvalue weighted by molar-refractivity contribution is -0.125. The van der Waals surface area contributed by atoms with Gasteiger partial charge in [0.25, 0.3) is 0 Å². The molecule has 2 atom stereocenters. The molecule has 2 nitrogen and oxygen atoms in total. The van der Waals surface area contributed by atoms with Crippen LogP contribution in [0.1, 0.15) is 58.8 Å². The Labute approximate surface area is 123 Å². The van der Waals surface area contributed by atoms with Gasteiger partial charge in [-0.05, 0) is 25.2 Å². The fourth-order valence-corrected chi connectivity index (χ4v) is 4.04. The van der Waals surface area contributed by atoms with Gasteiger partial charge >= 0.3 is 0 Å². The predicted molar refractivity (Wildman–Crippen MR) is 79.8 cm³/mol. The first kappa shape index (κ1) is 15.6. The number of hydrogen-bond donors (Lipinski definition) is 0. The molecule has 2 saturated carbocycles. The average Bonchev–Trinajstić information content (AvgIpc) is 2.64. The van der Waals surface area contributed by atoms with Crippen LogP contribution in [0, 0.1) is 11.3 Å². The summed E-state index contributed by atoms with van der Waals surface area (Å²) >= 11 is 6.52. The summed E-state index contributed by atoms with van der Waals surface area (Å²) in [4.78, 5) is 0. The molecule has 19 heavy (non-hydrogen) atoms. The molecular weight excluding hydrogens is 260 g/mol. The molecule has 0 bridgehead atoms. The lowest BCUT2D eigenvalue weighted by Crippen LogP contribution is -2.55. The maximum Gasteiger partial charge on any atom is 0.0704 e. The minimum atomic E-state index is 0.288. The van der Waals surface area contributed by atoms with Gasteiger partial charge in [0.15, 0.2) is 0 Å². The summed E-state index contributed by atoms with van der Waals surface area (Å²) in [5, 5.41) is 0.340. The van der Waals surface area contributed by atoms with Gasteiger partial charge in [-0.3, -0.25) is 0 Å². The summed E-state index contributed by atoms with van der Waals surface area (Å²) in [5.41, 5.74) is 0.288. The fraction of sp³-hybridized carbons (Fsp3) is 1.00. The molecule has 2 unspecified atom stereocenters. The molecule has 0 aromatic rings. The Balaban J connectivity index is 1.71. The van der Waals surface area contributed by atoms with Crippen LogP contribution >= 0.6 is 11.6 Å². The molecule has 0 saturated heterocycles. The van der Waals surface area contributed by atoms with Crippen LogP contribution in [-0.2, 0) is 9.47 Å². The molecule has 0 heterocycles. The van der Waals surface area contributed by atoms with E-state index in [9.17, 15) is 0 Å². The summed E-state index contributed by atoms with van der Waals surface area (Å²) in [6.45, 7) is 6.62. The number of rotatable bonds is 6. The normalized spacial score (nSPS) is 30.3. The molecule has 0 aliphatic heterocycles. The zero-order valence-corrected chi connectivity index (χ0v) is 13.3. The van der Waals surface area contributed by atoms with E-state index >= 15 is 0 Å². The largest absolute Gasteiger partial charge is 0.379 e. The van der Waals surface area contributed by atoms with Gasteiger partial charge in [0.1, 0.15) is 0 Å². The summed E-state index contributed by atoms with van der Waals surface area (Å²) in [6, 6.07) is 0. The van der Waals surface area contributed by atoms with Crippen molar-refractivity contribution in [1.29, 1.82) is 0 Å². The third-order valence-electron chi connectivity index (χ3n) is 4.72. The Morgan fingerprint density at radius 3 is 2.37 bits per heavy atom. The highest BCUT2D eigenvalue weighted by atomic mass is 35.5. The molecule has 0 aromatic carbocycles. The van der Waals surface area contributed by atoms with Crippen LogP contribution in [0.3, 0.4) is 0 Å². The zero-order chi connectivity index (χ0) is 13.7. The number of hydrogen-bond acceptors (Lipinski definition) is 2. The topological polar surface area (TPSA) is 18.5 Å². The highest BCUT2D eigenvalue weighted by Crippen LogP contribution is 2.54. The standard InChI is InChI=1S/C16H29ClO2/c1-13(2)12-18-9-10-19-15-11-14(17)16(15)7-5-3-4-6-8-16/h13-15H,3-12H2,1-2H3. The maximum absolute atomic E-state index is 6.52. The summed E-state index contributed by atoms with van der Waals surface area (Å²) in [7, 11) is 0. The van der Waals surface area contributed by atoms with Crippen LogP contribution in [0.15, 0.2) is 0 Å². The Bertz CT molecular complexity index is 259. The second-order valence-electron chi connectivity index (χ2n) is 6.68. The summed E-state index contributed by atoms with van der Waals surface area (Å²) in [6.07, 6.45) is 9.34. The van der Waals surface area contributed by atoms with Crippen molar-refractivity contribution in [2.75, 3.05) is 19.8 Å². The molecule has 0 radical (unpaired) electrons. The summed E-state index contributed by atoms with van der Waals surface area (Å²) < 4.78 is 11.7. The van der Waals surface area contributed by atoms with E-state index in [1.54, 1.807) is 0 Å². The van der Waals surface area contributed by atoms with Gasteiger partial charge in [-0.2, -0.15) is 0 Å². The van der Waals surface area contributed by atoms with Crippen LogP contribution in [-0.4, -0.2) is 31.3 Å². The maximum atomic E-state index is 6.52. The van der Waals surface area contributed by atoms with Gasteiger partial charge in [0.05, 0.1) is 19.3 Å². The second-order valence-corrected chi connectivity index (χ2v) is 7.21.